The van der Waals surface area contributed by atoms with Gasteiger partial charge in [0.1, 0.15) is 5.82 Å². The molecular formula is C14H18FNO. The number of nitrogens with zero attached hydrogens (tertiary/aromatic N) is 1. The van der Waals surface area contributed by atoms with Crippen molar-refractivity contribution in [2.24, 2.45) is 0 Å². The van der Waals surface area contributed by atoms with E-state index in [-0.39, 0.29) is 12.4 Å². The second-order valence-electron chi connectivity index (χ2n) is 4.43. The molecule has 0 aromatic heterocycles. The Balaban J connectivity index is 1.87. The second-order valence-corrected chi connectivity index (χ2v) is 4.43. The normalized spacial score (nSPS) is 21.4. The van der Waals surface area contributed by atoms with Crippen molar-refractivity contribution in [1.29, 1.82) is 0 Å². The molecule has 17 heavy (non-hydrogen) atoms. The highest BCUT2D eigenvalue weighted by molar-refractivity contribution is 5.48. The Bertz CT molecular complexity index is 374. The number of halogens is 1. The Morgan fingerprint density at radius 2 is 2.12 bits per heavy atom. The third-order valence-electron chi connectivity index (χ3n) is 3.23. The SMILES string of the molecule is OC[C@H]1CCCN1C/C=C/c1ccc(F)cc1. The van der Waals surface area contributed by atoms with Gasteiger partial charge < -0.3 is 5.11 Å². The summed E-state index contributed by atoms with van der Waals surface area (Å²) < 4.78 is 12.7. The third-order valence-corrected chi connectivity index (χ3v) is 3.23. The number of aliphatic hydroxyl groups is 1. The lowest BCUT2D eigenvalue weighted by atomic mass is 10.2. The zero-order chi connectivity index (χ0) is 12.1. The fraction of sp³-hybridized carbons (Fsp3) is 0.429. The summed E-state index contributed by atoms with van der Waals surface area (Å²) in [6.45, 7) is 2.14. The third kappa shape index (κ3) is 3.38. The molecule has 1 aromatic rings. The van der Waals surface area contributed by atoms with Crippen LogP contribution in [0.25, 0.3) is 6.08 Å². The van der Waals surface area contributed by atoms with Crippen LogP contribution in [0.4, 0.5) is 4.39 Å². The summed E-state index contributed by atoms with van der Waals surface area (Å²) in [6, 6.07) is 6.77. The Labute approximate surface area is 101 Å². The van der Waals surface area contributed by atoms with Crippen LogP contribution in [0.3, 0.4) is 0 Å². The summed E-state index contributed by atoms with van der Waals surface area (Å²) in [5, 5.41) is 9.18. The van der Waals surface area contributed by atoms with Gasteiger partial charge in [-0.05, 0) is 37.1 Å². The van der Waals surface area contributed by atoms with Crippen molar-refractivity contribution >= 4 is 6.08 Å². The quantitative estimate of drug-likeness (QED) is 0.865. The van der Waals surface area contributed by atoms with Gasteiger partial charge in [-0.3, -0.25) is 4.90 Å². The Hall–Kier alpha value is -1.19. The minimum absolute atomic E-state index is 0.206. The van der Waals surface area contributed by atoms with Crippen molar-refractivity contribution < 1.29 is 9.50 Å². The lowest BCUT2D eigenvalue weighted by Gasteiger charge is -2.20. The minimum Gasteiger partial charge on any atom is -0.395 e. The predicted molar refractivity (Wildman–Crippen MR) is 67.1 cm³/mol. The van der Waals surface area contributed by atoms with Gasteiger partial charge in [0.25, 0.3) is 0 Å². The van der Waals surface area contributed by atoms with E-state index in [4.69, 9.17) is 0 Å². The van der Waals surface area contributed by atoms with Crippen LogP contribution in [0.1, 0.15) is 18.4 Å². The van der Waals surface area contributed by atoms with Gasteiger partial charge in [-0.15, -0.1) is 0 Å². The van der Waals surface area contributed by atoms with E-state index in [0.29, 0.717) is 6.04 Å². The number of aliphatic hydroxyl groups excluding tert-OH is 1. The maximum absolute atomic E-state index is 12.7. The molecule has 0 amide bonds. The van der Waals surface area contributed by atoms with Gasteiger partial charge in [0.2, 0.25) is 0 Å². The van der Waals surface area contributed by atoms with Crippen molar-refractivity contribution in [2.45, 2.75) is 18.9 Å². The molecule has 0 aliphatic carbocycles. The molecule has 1 aliphatic heterocycles. The molecule has 2 nitrogen and oxygen atoms in total. The molecule has 1 aromatic carbocycles. The van der Waals surface area contributed by atoms with E-state index in [2.05, 4.69) is 11.0 Å². The van der Waals surface area contributed by atoms with Crippen LogP contribution in [0.5, 0.6) is 0 Å². The average molecular weight is 235 g/mol. The van der Waals surface area contributed by atoms with E-state index in [1.165, 1.54) is 12.1 Å². The summed E-state index contributed by atoms with van der Waals surface area (Å²) in [5.74, 6) is -0.206. The molecule has 1 saturated heterocycles. The van der Waals surface area contributed by atoms with Gasteiger partial charge in [-0.2, -0.15) is 0 Å². The van der Waals surface area contributed by atoms with Crippen LogP contribution in [0, 0.1) is 5.82 Å². The molecule has 0 saturated carbocycles. The fourth-order valence-electron chi connectivity index (χ4n) is 2.24. The molecule has 1 atom stereocenters. The second kappa shape index (κ2) is 5.94. The summed E-state index contributed by atoms with van der Waals surface area (Å²) >= 11 is 0. The zero-order valence-corrected chi connectivity index (χ0v) is 9.85. The van der Waals surface area contributed by atoms with Crippen molar-refractivity contribution in [3.63, 3.8) is 0 Å². The highest BCUT2D eigenvalue weighted by atomic mass is 19.1. The van der Waals surface area contributed by atoms with Gasteiger partial charge in [0.15, 0.2) is 0 Å². The number of hydrogen-bond donors (Lipinski definition) is 1. The van der Waals surface area contributed by atoms with Gasteiger partial charge >= 0.3 is 0 Å². The fourth-order valence-corrected chi connectivity index (χ4v) is 2.24. The topological polar surface area (TPSA) is 23.5 Å². The van der Waals surface area contributed by atoms with Gasteiger partial charge in [-0.25, -0.2) is 4.39 Å². The molecule has 92 valence electrons. The maximum Gasteiger partial charge on any atom is 0.123 e. The molecule has 1 fully saturated rings. The van der Waals surface area contributed by atoms with E-state index in [0.717, 1.165) is 31.5 Å². The zero-order valence-electron chi connectivity index (χ0n) is 9.85. The van der Waals surface area contributed by atoms with Crippen molar-refractivity contribution in [2.75, 3.05) is 19.7 Å². The highest BCUT2D eigenvalue weighted by Crippen LogP contribution is 2.16. The summed E-state index contributed by atoms with van der Waals surface area (Å²) in [7, 11) is 0. The van der Waals surface area contributed by atoms with Crippen LogP contribution in [0.15, 0.2) is 30.3 Å². The standard InChI is InChI=1S/C14H18FNO/c15-13-7-5-12(6-8-13)3-1-9-16-10-2-4-14(16)11-17/h1,3,5-8,14,17H,2,4,9-11H2/b3-1+/t14-/m1/s1. The van der Waals surface area contributed by atoms with Gasteiger partial charge in [0, 0.05) is 12.6 Å². The minimum atomic E-state index is -0.206. The van der Waals surface area contributed by atoms with Crippen LogP contribution < -0.4 is 0 Å². The number of hydrogen-bond acceptors (Lipinski definition) is 2. The van der Waals surface area contributed by atoms with E-state index in [1.54, 1.807) is 12.1 Å². The molecule has 0 unspecified atom stereocenters. The molecule has 2 rings (SSSR count). The molecule has 0 bridgehead atoms. The number of benzene rings is 1. The summed E-state index contributed by atoms with van der Waals surface area (Å²) in [6.07, 6.45) is 6.31. The molecule has 0 radical (unpaired) electrons. The van der Waals surface area contributed by atoms with Crippen LogP contribution in [-0.4, -0.2) is 35.7 Å². The lowest BCUT2D eigenvalue weighted by Crippen LogP contribution is -2.32. The van der Waals surface area contributed by atoms with Crippen LogP contribution in [-0.2, 0) is 0 Å². The number of rotatable bonds is 4. The summed E-state index contributed by atoms with van der Waals surface area (Å²) in [5.41, 5.74) is 1.01. The van der Waals surface area contributed by atoms with E-state index < -0.39 is 0 Å². The van der Waals surface area contributed by atoms with Crippen LogP contribution >= 0.6 is 0 Å². The Morgan fingerprint density at radius 1 is 1.35 bits per heavy atom. The Morgan fingerprint density at radius 3 is 2.82 bits per heavy atom. The Kier molecular flexibility index (Phi) is 4.29. The van der Waals surface area contributed by atoms with Gasteiger partial charge in [-0.1, -0.05) is 24.3 Å². The monoisotopic (exact) mass is 235 g/mol. The molecule has 1 aliphatic rings. The van der Waals surface area contributed by atoms with Crippen molar-refractivity contribution in [3.8, 4) is 0 Å². The first-order valence-corrected chi connectivity index (χ1v) is 6.06. The largest absolute Gasteiger partial charge is 0.395 e. The van der Waals surface area contributed by atoms with E-state index in [9.17, 15) is 9.50 Å². The lowest BCUT2D eigenvalue weighted by molar-refractivity contribution is 0.170. The molecule has 0 spiro atoms. The average Bonchev–Trinajstić information content (AvgIpc) is 2.79. The summed E-state index contributed by atoms with van der Waals surface area (Å²) in [4.78, 5) is 2.28. The first-order chi connectivity index (χ1) is 8.29. The van der Waals surface area contributed by atoms with Gasteiger partial charge in [0.05, 0.1) is 6.61 Å². The molecular weight excluding hydrogens is 217 g/mol. The first kappa shape index (κ1) is 12.3. The van der Waals surface area contributed by atoms with E-state index in [1.807, 2.05) is 6.08 Å². The molecule has 1 N–H and O–H groups in total. The first-order valence-electron chi connectivity index (χ1n) is 6.06. The number of likely N-dealkylation sites (tertiary alicyclic amines) is 1. The van der Waals surface area contributed by atoms with Crippen LogP contribution in [0.2, 0.25) is 0 Å². The smallest absolute Gasteiger partial charge is 0.123 e. The predicted octanol–water partition coefficient (Wildman–Crippen LogP) is 2.30. The van der Waals surface area contributed by atoms with Crippen molar-refractivity contribution in [3.05, 3.63) is 41.7 Å². The molecule has 3 heteroatoms. The highest BCUT2D eigenvalue weighted by Gasteiger charge is 2.21. The molecule has 1 heterocycles. The van der Waals surface area contributed by atoms with E-state index >= 15 is 0 Å². The van der Waals surface area contributed by atoms with Crippen molar-refractivity contribution in [1.82, 2.24) is 4.90 Å². The maximum atomic E-state index is 12.7.